The molecule has 0 bridgehead atoms. The molecule has 0 atom stereocenters. The number of hydrogen-bond acceptors (Lipinski definition) is 6. The molecule has 1 aromatic carbocycles. The Hall–Kier alpha value is -1.70. The Morgan fingerprint density at radius 1 is 1.33 bits per heavy atom. The van der Waals surface area contributed by atoms with E-state index in [0.717, 1.165) is 11.5 Å². The second-order valence-corrected chi connectivity index (χ2v) is 7.36. The van der Waals surface area contributed by atoms with E-state index in [1.54, 1.807) is 29.2 Å². The summed E-state index contributed by atoms with van der Waals surface area (Å²) in [5, 5.41) is 5.12. The molecule has 0 saturated carbocycles. The minimum atomic E-state index is -0.669. The molecule has 0 aliphatic carbocycles. The maximum atomic E-state index is 11.9. The fourth-order valence-corrected chi connectivity index (χ4v) is 3.67. The summed E-state index contributed by atoms with van der Waals surface area (Å²) in [5.41, 5.74) is 6.10. The van der Waals surface area contributed by atoms with Gasteiger partial charge < -0.3 is 15.8 Å². The topological polar surface area (TPSA) is 81.4 Å². The molecule has 128 valence electrons. The Balaban J connectivity index is 1.63. The molecule has 0 unspecified atom stereocenters. The van der Waals surface area contributed by atoms with Crippen molar-refractivity contribution < 1.29 is 14.3 Å². The number of thioether (sulfide) groups is 1. The van der Waals surface area contributed by atoms with Gasteiger partial charge in [-0.2, -0.15) is 11.8 Å². The molecule has 2 rings (SSSR count). The molecule has 0 aliphatic rings. The van der Waals surface area contributed by atoms with Gasteiger partial charge in [-0.25, -0.2) is 4.79 Å². The van der Waals surface area contributed by atoms with Crippen molar-refractivity contribution >= 4 is 52.3 Å². The molecular weight excluding hydrogens is 368 g/mol. The van der Waals surface area contributed by atoms with E-state index in [9.17, 15) is 9.59 Å². The number of ether oxygens (including phenoxy) is 1. The zero-order valence-corrected chi connectivity index (χ0v) is 15.2. The average Bonchev–Trinajstić information content (AvgIpc) is 3.08. The molecule has 0 spiro atoms. The van der Waals surface area contributed by atoms with E-state index in [4.69, 9.17) is 22.1 Å². The summed E-state index contributed by atoms with van der Waals surface area (Å²) < 4.78 is 4.95. The van der Waals surface area contributed by atoms with E-state index in [1.165, 1.54) is 17.0 Å². The Labute approximate surface area is 153 Å². The molecule has 24 heavy (non-hydrogen) atoms. The fourth-order valence-electron chi connectivity index (χ4n) is 1.80. The van der Waals surface area contributed by atoms with Gasteiger partial charge in [-0.15, -0.1) is 11.3 Å². The van der Waals surface area contributed by atoms with Gasteiger partial charge in [0, 0.05) is 33.6 Å². The van der Waals surface area contributed by atoms with Crippen molar-refractivity contribution in [2.75, 3.05) is 24.6 Å². The van der Waals surface area contributed by atoms with E-state index in [1.807, 2.05) is 11.4 Å². The summed E-state index contributed by atoms with van der Waals surface area (Å²) in [7, 11) is 0. The molecule has 1 amide bonds. The Morgan fingerprint density at radius 3 is 2.92 bits per heavy atom. The fraction of sp³-hybridized carbons (Fsp3) is 0.250. The zero-order valence-electron chi connectivity index (χ0n) is 12.8. The SMILES string of the molecule is Nc1ccc(Cl)cc1C(=O)OCC(=O)NCCSCc1cccs1. The summed E-state index contributed by atoms with van der Waals surface area (Å²) in [5.74, 6) is 0.702. The van der Waals surface area contributed by atoms with Gasteiger partial charge in [0.05, 0.1) is 5.56 Å². The number of halogens is 1. The van der Waals surface area contributed by atoms with Gasteiger partial charge in [0.25, 0.3) is 5.91 Å². The van der Waals surface area contributed by atoms with E-state index in [2.05, 4.69) is 11.4 Å². The van der Waals surface area contributed by atoms with E-state index in [0.29, 0.717) is 11.6 Å². The third-order valence-electron chi connectivity index (χ3n) is 2.96. The monoisotopic (exact) mass is 384 g/mol. The van der Waals surface area contributed by atoms with Crippen molar-refractivity contribution in [3.05, 3.63) is 51.2 Å². The third kappa shape index (κ3) is 6.07. The van der Waals surface area contributed by atoms with Gasteiger partial charge >= 0.3 is 5.97 Å². The number of carbonyl (C=O) groups excluding carboxylic acids is 2. The quantitative estimate of drug-likeness (QED) is 0.415. The van der Waals surface area contributed by atoms with Crippen LogP contribution >= 0.6 is 34.7 Å². The highest BCUT2D eigenvalue weighted by atomic mass is 35.5. The number of benzene rings is 1. The first kappa shape index (κ1) is 18.6. The molecule has 0 radical (unpaired) electrons. The van der Waals surface area contributed by atoms with Crippen molar-refractivity contribution in [2.45, 2.75) is 5.75 Å². The first-order valence-corrected chi connectivity index (χ1v) is 9.56. The summed E-state index contributed by atoms with van der Waals surface area (Å²) in [6.45, 7) is 0.173. The maximum Gasteiger partial charge on any atom is 0.340 e. The summed E-state index contributed by atoms with van der Waals surface area (Å²) in [4.78, 5) is 24.9. The minimum absolute atomic E-state index is 0.154. The van der Waals surface area contributed by atoms with Crippen LogP contribution in [0.2, 0.25) is 5.02 Å². The zero-order chi connectivity index (χ0) is 17.4. The highest BCUT2D eigenvalue weighted by Crippen LogP contribution is 2.19. The predicted molar refractivity (Wildman–Crippen MR) is 99.6 cm³/mol. The second-order valence-electron chi connectivity index (χ2n) is 4.79. The summed E-state index contributed by atoms with van der Waals surface area (Å²) in [6, 6.07) is 8.61. The molecular formula is C16H17ClN2O3S2. The van der Waals surface area contributed by atoms with Crippen LogP contribution in [0.1, 0.15) is 15.2 Å². The van der Waals surface area contributed by atoms with Gasteiger partial charge in [-0.05, 0) is 29.6 Å². The number of rotatable bonds is 8. The normalized spacial score (nSPS) is 10.4. The van der Waals surface area contributed by atoms with Crippen LogP contribution in [0.4, 0.5) is 5.69 Å². The predicted octanol–water partition coefficient (Wildman–Crippen LogP) is 3.19. The van der Waals surface area contributed by atoms with Crippen LogP contribution < -0.4 is 11.1 Å². The number of esters is 1. The number of nitrogens with one attached hydrogen (secondary N) is 1. The Bertz CT molecular complexity index is 693. The van der Waals surface area contributed by atoms with Crippen molar-refractivity contribution in [3.8, 4) is 0 Å². The molecule has 2 aromatic rings. The van der Waals surface area contributed by atoms with E-state index in [-0.39, 0.29) is 23.8 Å². The smallest absolute Gasteiger partial charge is 0.340 e. The molecule has 3 N–H and O–H groups in total. The molecule has 0 aliphatic heterocycles. The lowest BCUT2D eigenvalue weighted by atomic mass is 10.2. The number of anilines is 1. The summed E-state index contributed by atoms with van der Waals surface area (Å²) >= 11 is 9.26. The highest BCUT2D eigenvalue weighted by molar-refractivity contribution is 7.98. The molecule has 0 fully saturated rings. The Morgan fingerprint density at radius 2 is 2.17 bits per heavy atom. The lowest BCUT2D eigenvalue weighted by Gasteiger charge is -2.08. The number of nitrogens with two attached hydrogens (primary N) is 1. The number of thiophene rings is 1. The van der Waals surface area contributed by atoms with Crippen LogP contribution in [0, 0.1) is 0 Å². The molecule has 1 heterocycles. The van der Waals surface area contributed by atoms with Crippen molar-refractivity contribution in [1.29, 1.82) is 0 Å². The van der Waals surface area contributed by atoms with Gasteiger partial charge in [0.2, 0.25) is 0 Å². The van der Waals surface area contributed by atoms with Crippen LogP contribution in [-0.2, 0) is 15.3 Å². The highest BCUT2D eigenvalue weighted by Gasteiger charge is 2.13. The van der Waals surface area contributed by atoms with Crippen LogP contribution in [0.15, 0.2) is 35.7 Å². The van der Waals surface area contributed by atoms with E-state index >= 15 is 0 Å². The van der Waals surface area contributed by atoms with Crippen LogP contribution in [-0.4, -0.2) is 30.8 Å². The standard InChI is InChI=1S/C16H17ClN2O3S2/c17-11-3-4-14(18)13(8-11)16(21)22-9-15(20)19-5-7-23-10-12-2-1-6-24-12/h1-4,6,8H,5,7,9-10,18H2,(H,19,20). The second kappa shape index (κ2) is 9.56. The average molecular weight is 385 g/mol. The number of nitrogen functional groups attached to an aromatic ring is 1. The van der Waals surface area contributed by atoms with Gasteiger partial charge in [-0.3, -0.25) is 4.79 Å². The maximum absolute atomic E-state index is 11.9. The first-order chi connectivity index (χ1) is 11.6. The van der Waals surface area contributed by atoms with Crippen LogP contribution in [0.5, 0.6) is 0 Å². The van der Waals surface area contributed by atoms with Crippen molar-refractivity contribution in [3.63, 3.8) is 0 Å². The number of amides is 1. The lowest BCUT2D eigenvalue weighted by Crippen LogP contribution is -2.30. The number of hydrogen-bond donors (Lipinski definition) is 2. The van der Waals surface area contributed by atoms with Gasteiger partial charge in [0.15, 0.2) is 6.61 Å². The minimum Gasteiger partial charge on any atom is -0.452 e. The first-order valence-electron chi connectivity index (χ1n) is 7.15. The number of carbonyl (C=O) groups is 2. The molecule has 1 aromatic heterocycles. The van der Waals surface area contributed by atoms with Gasteiger partial charge in [-0.1, -0.05) is 17.7 Å². The van der Waals surface area contributed by atoms with Crippen molar-refractivity contribution in [2.24, 2.45) is 0 Å². The van der Waals surface area contributed by atoms with Gasteiger partial charge in [0.1, 0.15) is 0 Å². The van der Waals surface area contributed by atoms with Crippen LogP contribution in [0.3, 0.4) is 0 Å². The lowest BCUT2D eigenvalue weighted by molar-refractivity contribution is -0.124. The molecule has 0 saturated heterocycles. The molecule has 8 heteroatoms. The molecule has 5 nitrogen and oxygen atoms in total. The largest absolute Gasteiger partial charge is 0.452 e. The van der Waals surface area contributed by atoms with E-state index < -0.39 is 5.97 Å². The Kier molecular flexibility index (Phi) is 7.42. The summed E-state index contributed by atoms with van der Waals surface area (Å²) in [6.07, 6.45) is 0. The van der Waals surface area contributed by atoms with Crippen LogP contribution in [0.25, 0.3) is 0 Å². The third-order valence-corrected chi connectivity index (χ3v) is 5.26. The van der Waals surface area contributed by atoms with Crippen molar-refractivity contribution in [1.82, 2.24) is 5.32 Å².